The first-order valence-electron chi connectivity index (χ1n) is 3.27. The van der Waals surface area contributed by atoms with Crippen molar-refractivity contribution >= 4 is 0 Å². The normalized spacial score (nSPS) is 15.8. The van der Waals surface area contributed by atoms with E-state index in [0.717, 1.165) is 0 Å². The first-order valence-corrected chi connectivity index (χ1v) is 3.27. The summed E-state index contributed by atoms with van der Waals surface area (Å²) in [5.74, 6) is -0.134. The Labute approximate surface area is 61.5 Å². The van der Waals surface area contributed by atoms with E-state index in [1.54, 1.807) is 12.2 Å². The van der Waals surface area contributed by atoms with Crippen molar-refractivity contribution in [3.8, 4) is 0 Å². The maximum Gasteiger partial charge on any atom is 0.0500 e. The van der Waals surface area contributed by atoms with Crippen molar-refractivity contribution in [3.05, 3.63) is 25.3 Å². The van der Waals surface area contributed by atoms with E-state index >= 15 is 0 Å². The average molecular weight is 142 g/mol. The van der Waals surface area contributed by atoms with Crippen LogP contribution in [0.3, 0.4) is 0 Å². The smallest absolute Gasteiger partial charge is 0.0500 e. The summed E-state index contributed by atoms with van der Waals surface area (Å²) in [5, 5.41) is 17.5. The van der Waals surface area contributed by atoms with Gasteiger partial charge in [-0.1, -0.05) is 12.2 Å². The maximum absolute atomic E-state index is 8.73. The van der Waals surface area contributed by atoms with Crippen LogP contribution in [-0.4, -0.2) is 23.4 Å². The standard InChI is InChI=1S/C8H14O2/c1-3-7(5-9)8(4-2)6-10/h3-4,7-10H,1-2,5-6H2/t7-,8-/m0/s1. The quantitative estimate of drug-likeness (QED) is 0.551. The van der Waals surface area contributed by atoms with E-state index < -0.39 is 0 Å². The van der Waals surface area contributed by atoms with Gasteiger partial charge in [0, 0.05) is 25.0 Å². The van der Waals surface area contributed by atoms with Gasteiger partial charge >= 0.3 is 0 Å². The molecule has 2 atom stereocenters. The van der Waals surface area contributed by atoms with Crippen LogP contribution in [0.5, 0.6) is 0 Å². The lowest BCUT2D eigenvalue weighted by molar-refractivity contribution is 0.171. The van der Waals surface area contributed by atoms with Crippen molar-refractivity contribution in [2.75, 3.05) is 13.2 Å². The number of rotatable bonds is 5. The highest BCUT2D eigenvalue weighted by molar-refractivity contribution is 4.92. The molecule has 0 bridgehead atoms. The van der Waals surface area contributed by atoms with Crippen molar-refractivity contribution < 1.29 is 10.2 Å². The summed E-state index contributed by atoms with van der Waals surface area (Å²) in [5.41, 5.74) is 0. The Morgan fingerprint density at radius 1 is 1.00 bits per heavy atom. The number of aliphatic hydroxyl groups is 2. The van der Waals surface area contributed by atoms with Gasteiger partial charge in [0.2, 0.25) is 0 Å². The summed E-state index contributed by atoms with van der Waals surface area (Å²) in [6, 6.07) is 0. The number of aliphatic hydroxyl groups excluding tert-OH is 2. The first kappa shape index (κ1) is 9.40. The van der Waals surface area contributed by atoms with Crippen LogP contribution in [0.1, 0.15) is 0 Å². The molecule has 0 radical (unpaired) electrons. The minimum absolute atomic E-state index is 0.0146. The fourth-order valence-electron chi connectivity index (χ4n) is 0.769. The molecule has 0 aromatic carbocycles. The van der Waals surface area contributed by atoms with Gasteiger partial charge in [0.1, 0.15) is 0 Å². The van der Waals surface area contributed by atoms with E-state index in [0.29, 0.717) is 0 Å². The molecule has 2 nitrogen and oxygen atoms in total. The van der Waals surface area contributed by atoms with Crippen LogP contribution in [0.2, 0.25) is 0 Å². The molecule has 0 heterocycles. The molecule has 0 saturated heterocycles. The second kappa shape index (κ2) is 5.21. The number of hydrogen-bond acceptors (Lipinski definition) is 2. The molecule has 0 aromatic rings. The molecule has 0 aliphatic rings. The van der Waals surface area contributed by atoms with Crippen LogP contribution >= 0.6 is 0 Å². The molecular weight excluding hydrogens is 128 g/mol. The van der Waals surface area contributed by atoms with Gasteiger partial charge in [0.15, 0.2) is 0 Å². The maximum atomic E-state index is 8.73. The van der Waals surface area contributed by atoms with Crippen molar-refractivity contribution in [1.82, 2.24) is 0 Å². The SMILES string of the molecule is C=C[C@@H](CO)[C@@H](C=C)CO. The van der Waals surface area contributed by atoms with Crippen LogP contribution < -0.4 is 0 Å². The van der Waals surface area contributed by atoms with Crippen molar-refractivity contribution in [3.63, 3.8) is 0 Å². The van der Waals surface area contributed by atoms with Crippen molar-refractivity contribution in [2.24, 2.45) is 11.8 Å². The molecule has 2 N–H and O–H groups in total. The zero-order valence-electron chi connectivity index (χ0n) is 6.03. The summed E-state index contributed by atoms with van der Waals surface area (Å²) in [4.78, 5) is 0. The van der Waals surface area contributed by atoms with Gasteiger partial charge in [0.05, 0.1) is 0 Å². The van der Waals surface area contributed by atoms with Crippen molar-refractivity contribution in [2.45, 2.75) is 0 Å². The summed E-state index contributed by atoms with van der Waals surface area (Å²) in [6.45, 7) is 7.09. The molecule has 0 rings (SSSR count). The predicted octanol–water partition coefficient (Wildman–Crippen LogP) is 0.575. The predicted molar refractivity (Wildman–Crippen MR) is 41.5 cm³/mol. The zero-order chi connectivity index (χ0) is 7.98. The van der Waals surface area contributed by atoms with E-state index in [4.69, 9.17) is 10.2 Å². The third-order valence-electron chi connectivity index (χ3n) is 1.58. The van der Waals surface area contributed by atoms with Crippen LogP contribution in [-0.2, 0) is 0 Å². The summed E-state index contributed by atoms with van der Waals surface area (Å²) >= 11 is 0. The Kier molecular flexibility index (Phi) is 4.89. The average Bonchev–Trinajstić information content (AvgIpc) is 2.00. The lowest BCUT2D eigenvalue weighted by Gasteiger charge is -2.15. The van der Waals surface area contributed by atoms with E-state index in [2.05, 4.69) is 13.2 Å². The molecule has 0 fully saturated rings. The van der Waals surface area contributed by atoms with Crippen LogP contribution in [0.25, 0.3) is 0 Å². The summed E-state index contributed by atoms with van der Waals surface area (Å²) < 4.78 is 0. The molecule has 2 heteroatoms. The lowest BCUT2D eigenvalue weighted by atomic mass is 9.94. The fourth-order valence-corrected chi connectivity index (χ4v) is 0.769. The highest BCUT2D eigenvalue weighted by Gasteiger charge is 2.12. The molecule has 10 heavy (non-hydrogen) atoms. The second-order valence-electron chi connectivity index (χ2n) is 2.16. The van der Waals surface area contributed by atoms with Crippen LogP contribution in [0.15, 0.2) is 25.3 Å². The zero-order valence-corrected chi connectivity index (χ0v) is 6.03. The molecule has 0 spiro atoms. The van der Waals surface area contributed by atoms with E-state index in [1.165, 1.54) is 0 Å². The molecule has 0 saturated carbocycles. The molecule has 58 valence electrons. The Morgan fingerprint density at radius 2 is 1.30 bits per heavy atom. The van der Waals surface area contributed by atoms with Gasteiger partial charge in [-0.2, -0.15) is 0 Å². The third-order valence-corrected chi connectivity index (χ3v) is 1.58. The molecule has 0 aliphatic carbocycles. The second-order valence-corrected chi connectivity index (χ2v) is 2.16. The minimum atomic E-state index is -0.0671. The van der Waals surface area contributed by atoms with Crippen molar-refractivity contribution in [1.29, 1.82) is 0 Å². The Hall–Kier alpha value is -0.600. The summed E-state index contributed by atoms with van der Waals surface area (Å²) in [7, 11) is 0. The highest BCUT2D eigenvalue weighted by Crippen LogP contribution is 2.12. The van der Waals surface area contributed by atoms with Gasteiger partial charge in [-0.05, 0) is 0 Å². The molecule has 0 unspecified atom stereocenters. The van der Waals surface area contributed by atoms with Gasteiger partial charge in [0.25, 0.3) is 0 Å². The van der Waals surface area contributed by atoms with Crippen LogP contribution in [0, 0.1) is 11.8 Å². The monoisotopic (exact) mass is 142 g/mol. The van der Waals surface area contributed by atoms with Gasteiger partial charge in [-0.25, -0.2) is 0 Å². The Bertz CT molecular complexity index is 95.8. The van der Waals surface area contributed by atoms with E-state index in [1.807, 2.05) is 0 Å². The highest BCUT2D eigenvalue weighted by atomic mass is 16.3. The summed E-state index contributed by atoms with van der Waals surface area (Å²) in [6.07, 6.45) is 3.26. The number of hydrogen-bond donors (Lipinski definition) is 2. The Morgan fingerprint density at radius 3 is 1.40 bits per heavy atom. The van der Waals surface area contributed by atoms with Gasteiger partial charge < -0.3 is 10.2 Å². The first-order chi connectivity index (χ1) is 4.79. The van der Waals surface area contributed by atoms with Gasteiger partial charge in [-0.15, -0.1) is 13.2 Å². The minimum Gasteiger partial charge on any atom is -0.396 e. The van der Waals surface area contributed by atoms with Crippen LogP contribution in [0.4, 0.5) is 0 Å². The topological polar surface area (TPSA) is 40.5 Å². The Balaban J connectivity index is 3.93. The fraction of sp³-hybridized carbons (Fsp3) is 0.500. The molecule has 0 aromatic heterocycles. The van der Waals surface area contributed by atoms with E-state index in [9.17, 15) is 0 Å². The van der Waals surface area contributed by atoms with E-state index in [-0.39, 0.29) is 25.0 Å². The van der Waals surface area contributed by atoms with Gasteiger partial charge in [-0.3, -0.25) is 0 Å². The molecule has 0 amide bonds. The lowest BCUT2D eigenvalue weighted by Crippen LogP contribution is -2.17. The molecule has 0 aliphatic heterocycles. The largest absolute Gasteiger partial charge is 0.396 e. The third kappa shape index (κ3) is 2.33. The molecular formula is C8H14O2.